The van der Waals surface area contributed by atoms with Gasteiger partial charge in [-0.2, -0.15) is 0 Å². The Hall–Kier alpha value is -3.40. The molecule has 0 aromatic heterocycles. The summed E-state index contributed by atoms with van der Waals surface area (Å²) in [4.78, 5) is 24.7. The van der Waals surface area contributed by atoms with Crippen LogP contribution in [-0.4, -0.2) is 11.8 Å². The van der Waals surface area contributed by atoms with Crippen LogP contribution in [0, 0.1) is 20.8 Å². The van der Waals surface area contributed by atoms with Crippen LogP contribution in [0.4, 0.5) is 11.4 Å². The van der Waals surface area contributed by atoms with Gasteiger partial charge in [-0.3, -0.25) is 9.59 Å². The molecule has 0 unspecified atom stereocenters. The van der Waals surface area contributed by atoms with Crippen molar-refractivity contribution in [1.82, 2.24) is 0 Å². The zero-order valence-corrected chi connectivity index (χ0v) is 15.7. The first-order valence-corrected chi connectivity index (χ1v) is 8.79. The molecular formula is C23H22N2O2. The van der Waals surface area contributed by atoms with Crippen LogP contribution >= 0.6 is 0 Å². The van der Waals surface area contributed by atoms with Crippen LogP contribution in [-0.2, 0) is 0 Å². The van der Waals surface area contributed by atoms with Crippen molar-refractivity contribution in [2.45, 2.75) is 20.8 Å². The molecule has 4 heteroatoms. The molecule has 3 aromatic rings. The highest BCUT2D eigenvalue weighted by molar-refractivity contribution is 6.07. The number of anilines is 2. The third kappa shape index (κ3) is 4.61. The van der Waals surface area contributed by atoms with Gasteiger partial charge in [0.1, 0.15) is 0 Å². The number of hydrogen-bond acceptors (Lipinski definition) is 2. The number of aryl methyl sites for hydroxylation is 3. The Kier molecular flexibility index (Phi) is 5.36. The fraction of sp³-hybridized carbons (Fsp3) is 0.130. The summed E-state index contributed by atoms with van der Waals surface area (Å²) in [5.41, 5.74) is 5.92. The summed E-state index contributed by atoms with van der Waals surface area (Å²) in [6.07, 6.45) is 0. The van der Waals surface area contributed by atoms with E-state index >= 15 is 0 Å². The lowest BCUT2D eigenvalue weighted by Gasteiger charge is -2.09. The number of hydrogen-bond donors (Lipinski definition) is 2. The summed E-state index contributed by atoms with van der Waals surface area (Å²) < 4.78 is 0. The van der Waals surface area contributed by atoms with Crippen LogP contribution in [0.2, 0.25) is 0 Å². The van der Waals surface area contributed by atoms with Gasteiger partial charge < -0.3 is 10.6 Å². The largest absolute Gasteiger partial charge is 0.322 e. The van der Waals surface area contributed by atoms with E-state index in [2.05, 4.69) is 10.6 Å². The Morgan fingerprint density at radius 3 is 1.59 bits per heavy atom. The predicted octanol–water partition coefficient (Wildman–Crippen LogP) is 5.12. The molecule has 0 saturated carbocycles. The molecule has 0 aliphatic rings. The number of carbonyl (C=O) groups excluding carboxylic acids is 2. The lowest BCUT2D eigenvalue weighted by Crippen LogP contribution is -2.14. The average molecular weight is 358 g/mol. The number of rotatable bonds is 4. The van der Waals surface area contributed by atoms with Gasteiger partial charge in [0, 0.05) is 22.5 Å². The third-order valence-corrected chi connectivity index (χ3v) is 4.48. The van der Waals surface area contributed by atoms with Crippen molar-refractivity contribution in [1.29, 1.82) is 0 Å². The molecule has 0 saturated heterocycles. The maximum absolute atomic E-state index is 12.4. The molecule has 136 valence electrons. The maximum atomic E-state index is 12.4. The van der Waals surface area contributed by atoms with Gasteiger partial charge in [-0.15, -0.1) is 0 Å². The second-order valence-corrected chi connectivity index (χ2v) is 6.65. The van der Waals surface area contributed by atoms with Crippen LogP contribution in [0.25, 0.3) is 0 Å². The number of nitrogens with one attached hydrogen (secondary N) is 2. The highest BCUT2D eigenvalue weighted by Crippen LogP contribution is 2.16. The first kappa shape index (κ1) is 18.4. The van der Waals surface area contributed by atoms with Crippen LogP contribution in [0.5, 0.6) is 0 Å². The Morgan fingerprint density at radius 2 is 1.07 bits per heavy atom. The monoisotopic (exact) mass is 358 g/mol. The topological polar surface area (TPSA) is 58.2 Å². The molecule has 0 aliphatic heterocycles. The summed E-state index contributed by atoms with van der Waals surface area (Å²) in [5, 5.41) is 5.73. The van der Waals surface area contributed by atoms with E-state index in [1.807, 2.05) is 63.2 Å². The highest BCUT2D eigenvalue weighted by atomic mass is 16.2. The average Bonchev–Trinajstić information content (AvgIpc) is 2.66. The van der Waals surface area contributed by atoms with Crippen molar-refractivity contribution in [3.63, 3.8) is 0 Å². The molecule has 3 aromatic carbocycles. The van der Waals surface area contributed by atoms with E-state index < -0.39 is 0 Å². The minimum absolute atomic E-state index is 0.205. The number of benzene rings is 3. The maximum Gasteiger partial charge on any atom is 0.255 e. The zero-order valence-electron chi connectivity index (χ0n) is 15.7. The van der Waals surface area contributed by atoms with Gasteiger partial charge in [0.15, 0.2) is 0 Å². The lowest BCUT2D eigenvalue weighted by molar-refractivity contribution is 0.101. The molecule has 27 heavy (non-hydrogen) atoms. The molecule has 0 fully saturated rings. The molecule has 2 N–H and O–H groups in total. The number of carbonyl (C=O) groups is 2. The van der Waals surface area contributed by atoms with Gasteiger partial charge in [-0.25, -0.2) is 0 Å². The van der Waals surface area contributed by atoms with Crippen molar-refractivity contribution < 1.29 is 9.59 Å². The fourth-order valence-corrected chi connectivity index (χ4v) is 2.64. The van der Waals surface area contributed by atoms with Gasteiger partial charge in [-0.1, -0.05) is 23.8 Å². The molecular weight excluding hydrogens is 336 g/mol. The van der Waals surface area contributed by atoms with Crippen LogP contribution in [0.15, 0.2) is 66.7 Å². The first-order valence-electron chi connectivity index (χ1n) is 8.79. The second-order valence-electron chi connectivity index (χ2n) is 6.65. The van der Waals surface area contributed by atoms with Crippen molar-refractivity contribution in [2.75, 3.05) is 10.6 Å². The molecule has 0 spiro atoms. The smallest absolute Gasteiger partial charge is 0.255 e. The summed E-state index contributed by atoms with van der Waals surface area (Å²) in [7, 11) is 0. The van der Waals surface area contributed by atoms with Crippen molar-refractivity contribution >= 4 is 23.2 Å². The van der Waals surface area contributed by atoms with Crippen LogP contribution in [0.3, 0.4) is 0 Å². The molecule has 0 aliphatic carbocycles. The standard InChI is InChI=1S/C23H22N2O2/c1-15-4-11-20(12-5-15)24-22(26)18-7-9-19(10-8-18)23(27)25-21-13-6-16(2)17(3)14-21/h4-14H,1-3H3,(H,24,26)(H,25,27). The van der Waals surface area contributed by atoms with Gasteiger partial charge in [-0.05, 0) is 80.4 Å². The molecule has 0 heterocycles. The summed E-state index contributed by atoms with van der Waals surface area (Å²) in [6, 6.07) is 20.0. The quantitative estimate of drug-likeness (QED) is 0.680. The van der Waals surface area contributed by atoms with Gasteiger partial charge >= 0.3 is 0 Å². The van der Waals surface area contributed by atoms with E-state index in [9.17, 15) is 9.59 Å². The van der Waals surface area contributed by atoms with Gasteiger partial charge in [0.05, 0.1) is 0 Å². The molecule has 4 nitrogen and oxygen atoms in total. The van der Waals surface area contributed by atoms with Gasteiger partial charge in [0.25, 0.3) is 11.8 Å². The molecule has 0 radical (unpaired) electrons. The third-order valence-electron chi connectivity index (χ3n) is 4.48. The van der Waals surface area contributed by atoms with Crippen LogP contribution in [0.1, 0.15) is 37.4 Å². The van der Waals surface area contributed by atoms with E-state index in [-0.39, 0.29) is 11.8 Å². The zero-order chi connectivity index (χ0) is 19.4. The van der Waals surface area contributed by atoms with Gasteiger partial charge in [0.2, 0.25) is 0 Å². The Bertz CT molecular complexity index is 974. The highest BCUT2D eigenvalue weighted by Gasteiger charge is 2.10. The van der Waals surface area contributed by atoms with E-state index in [0.29, 0.717) is 11.1 Å². The summed E-state index contributed by atoms with van der Waals surface area (Å²) >= 11 is 0. The van der Waals surface area contributed by atoms with Crippen LogP contribution < -0.4 is 10.6 Å². The number of amides is 2. The SMILES string of the molecule is Cc1ccc(NC(=O)c2ccc(C(=O)Nc3ccc(C)c(C)c3)cc2)cc1. The Morgan fingerprint density at radius 1 is 0.593 bits per heavy atom. The Balaban J connectivity index is 1.66. The molecule has 0 atom stereocenters. The minimum atomic E-state index is -0.208. The van der Waals surface area contributed by atoms with E-state index in [1.165, 1.54) is 5.56 Å². The van der Waals surface area contributed by atoms with E-state index in [0.717, 1.165) is 22.5 Å². The van der Waals surface area contributed by atoms with E-state index in [4.69, 9.17) is 0 Å². The van der Waals surface area contributed by atoms with E-state index in [1.54, 1.807) is 24.3 Å². The van der Waals surface area contributed by atoms with Crippen molar-refractivity contribution in [3.05, 3.63) is 94.5 Å². The normalized spacial score (nSPS) is 10.3. The fourth-order valence-electron chi connectivity index (χ4n) is 2.64. The molecule has 2 amide bonds. The van der Waals surface area contributed by atoms with Crippen molar-refractivity contribution in [2.24, 2.45) is 0 Å². The summed E-state index contributed by atoms with van der Waals surface area (Å²) in [5.74, 6) is -0.413. The Labute approximate surface area is 159 Å². The predicted molar refractivity (Wildman–Crippen MR) is 109 cm³/mol. The first-order chi connectivity index (χ1) is 12.9. The molecule has 0 bridgehead atoms. The van der Waals surface area contributed by atoms with Crippen molar-refractivity contribution in [3.8, 4) is 0 Å². The lowest BCUT2D eigenvalue weighted by atomic mass is 10.1. The molecule has 3 rings (SSSR count). The summed E-state index contributed by atoms with van der Waals surface area (Å²) in [6.45, 7) is 6.03. The second kappa shape index (κ2) is 7.87. The minimum Gasteiger partial charge on any atom is -0.322 e.